The van der Waals surface area contributed by atoms with Crippen LogP contribution in [0.25, 0.3) is 16.6 Å². The highest BCUT2D eigenvalue weighted by Gasteiger charge is 2.17. The monoisotopic (exact) mass is 754 g/mol. The van der Waals surface area contributed by atoms with Gasteiger partial charge in [-0.15, -0.1) is 0 Å². The van der Waals surface area contributed by atoms with Crippen molar-refractivity contribution < 1.29 is 14.2 Å². The summed E-state index contributed by atoms with van der Waals surface area (Å²) in [5, 5.41) is 14.6. The van der Waals surface area contributed by atoms with Crippen molar-refractivity contribution >= 4 is 17.1 Å². The Morgan fingerprint density at radius 2 is 1.60 bits per heavy atom. The third-order valence-corrected chi connectivity index (χ3v) is 10.5. The molecule has 3 aromatic carbocycles. The van der Waals surface area contributed by atoms with Crippen LogP contribution in [0, 0.1) is 25.2 Å². The fraction of sp³-hybridized carbons (Fsp3) is 0.311. The smallest absolute Gasteiger partial charge is 0.142 e. The molecule has 9 nitrogen and oxygen atoms in total. The Labute approximate surface area is 328 Å². The SMILES string of the molecule is Cc1c(COc2cc(OCc3cncc(C#N)c3)c(CN(C)Cc3cc4ccccn4n3)cc2Cl)cccc1-c1cccc(OCCCN2CCCC2)c1C. The number of likely N-dealkylation sites (tertiary alicyclic amines) is 1. The Morgan fingerprint density at radius 3 is 2.42 bits per heavy atom. The number of pyridine rings is 2. The molecule has 1 aliphatic heterocycles. The molecular weight excluding hydrogens is 708 g/mol. The summed E-state index contributed by atoms with van der Waals surface area (Å²) in [5.74, 6) is 2.10. The van der Waals surface area contributed by atoms with Gasteiger partial charge in [-0.2, -0.15) is 10.4 Å². The molecule has 1 aliphatic rings. The van der Waals surface area contributed by atoms with Gasteiger partial charge in [0.15, 0.2) is 0 Å². The standard InChI is InChI=1S/C45H47ClN6O3/c1-32-36(11-8-13-40(32)41-14-9-15-43(33(41)2)53-20-10-18-51-16-6-7-17-51)31-55-45-24-44(54-30-35-21-34(25-47)26-48-27-35)37(22-42(45)46)28-50(3)29-38-23-39-12-4-5-19-52(39)49-38/h4-5,8-9,11-15,19,21-24,26-27H,6-7,10,16-18,20,28-31H2,1-3H3. The lowest BCUT2D eigenvalue weighted by Crippen LogP contribution is -2.22. The number of hydrogen-bond acceptors (Lipinski definition) is 8. The van der Waals surface area contributed by atoms with E-state index in [1.807, 2.05) is 48.1 Å². The third kappa shape index (κ3) is 9.46. The zero-order valence-corrected chi connectivity index (χ0v) is 32.6. The molecule has 0 atom stereocenters. The fourth-order valence-electron chi connectivity index (χ4n) is 7.25. The first-order chi connectivity index (χ1) is 26.8. The lowest BCUT2D eigenvalue weighted by molar-refractivity contribution is 0.262. The molecule has 4 heterocycles. The summed E-state index contributed by atoms with van der Waals surface area (Å²) in [7, 11) is 2.04. The van der Waals surface area contributed by atoms with Crippen molar-refractivity contribution in [1.29, 1.82) is 5.26 Å². The van der Waals surface area contributed by atoms with Gasteiger partial charge in [-0.3, -0.25) is 9.88 Å². The highest BCUT2D eigenvalue weighted by Crippen LogP contribution is 2.37. The second kappa shape index (κ2) is 17.8. The zero-order chi connectivity index (χ0) is 38.1. The average molecular weight is 755 g/mol. The van der Waals surface area contributed by atoms with Gasteiger partial charge in [0.2, 0.25) is 0 Å². The van der Waals surface area contributed by atoms with E-state index in [0.717, 1.165) is 68.9 Å². The molecule has 0 bridgehead atoms. The molecule has 0 saturated carbocycles. The predicted octanol–water partition coefficient (Wildman–Crippen LogP) is 9.19. The Morgan fingerprint density at radius 1 is 0.800 bits per heavy atom. The number of nitriles is 1. The molecular formula is C45H47ClN6O3. The Kier molecular flexibility index (Phi) is 12.3. The van der Waals surface area contributed by atoms with Gasteiger partial charge in [-0.1, -0.05) is 48.0 Å². The van der Waals surface area contributed by atoms with Gasteiger partial charge in [0.05, 0.1) is 28.4 Å². The molecule has 0 amide bonds. The topological polar surface area (TPSA) is 88.2 Å². The molecule has 7 rings (SSSR count). The van der Waals surface area contributed by atoms with E-state index in [0.29, 0.717) is 48.4 Å². The van der Waals surface area contributed by atoms with Crippen LogP contribution >= 0.6 is 11.6 Å². The number of halogens is 1. The van der Waals surface area contributed by atoms with E-state index in [1.54, 1.807) is 12.3 Å². The number of nitrogens with zero attached hydrogens (tertiary/aromatic N) is 6. The van der Waals surface area contributed by atoms with Gasteiger partial charge in [0.1, 0.15) is 36.5 Å². The quantitative estimate of drug-likeness (QED) is 0.0905. The highest BCUT2D eigenvalue weighted by molar-refractivity contribution is 6.32. The van der Waals surface area contributed by atoms with E-state index >= 15 is 0 Å². The van der Waals surface area contributed by atoms with Crippen molar-refractivity contribution in [2.24, 2.45) is 0 Å². The van der Waals surface area contributed by atoms with Crippen molar-refractivity contribution in [3.8, 4) is 34.4 Å². The number of ether oxygens (including phenoxy) is 3. The number of rotatable bonds is 16. The van der Waals surface area contributed by atoms with Crippen LogP contribution in [0.2, 0.25) is 5.02 Å². The molecule has 1 fully saturated rings. The van der Waals surface area contributed by atoms with Crippen LogP contribution in [-0.2, 0) is 26.3 Å². The molecule has 55 heavy (non-hydrogen) atoms. The molecule has 10 heteroatoms. The zero-order valence-electron chi connectivity index (χ0n) is 31.8. The van der Waals surface area contributed by atoms with Crippen molar-refractivity contribution in [3.05, 3.63) is 142 Å². The van der Waals surface area contributed by atoms with Gasteiger partial charge in [-0.25, -0.2) is 4.52 Å². The molecule has 0 N–H and O–H groups in total. The maximum Gasteiger partial charge on any atom is 0.142 e. The van der Waals surface area contributed by atoms with Crippen molar-refractivity contribution in [2.45, 2.75) is 59.4 Å². The minimum atomic E-state index is 0.231. The van der Waals surface area contributed by atoms with Crippen molar-refractivity contribution in [1.82, 2.24) is 24.4 Å². The summed E-state index contributed by atoms with van der Waals surface area (Å²) in [6.45, 7) is 10.2. The number of hydrogen-bond donors (Lipinski definition) is 0. The van der Waals surface area contributed by atoms with E-state index in [-0.39, 0.29) is 6.61 Å². The normalized spacial score (nSPS) is 13.0. The van der Waals surface area contributed by atoms with Crippen LogP contribution in [0.1, 0.15) is 58.3 Å². The summed E-state index contributed by atoms with van der Waals surface area (Å²) in [6.07, 6.45) is 8.83. The minimum Gasteiger partial charge on any atom is -0.493 e. The van der Waals surface area contributed by atoms with Gasteiger partial charge in [0, 0.05) is 55.4 Å². The number of benzene rings is 3. The van der Waals surface area contributed by atoms with Gasteiger partial charge in [0.25, 0.3) is 0 Å². The summed E-state index contributed by atoms with van der Waals surface area (Å²) in [6, 6.07) is 28.4. The summed E-state index contributed by atoms with van der Waals surface area (Å²) < 4.78 is 21.0. The largest absolute Gasteiger partial charge is 0.493 e. The Hall–Kier alpha value is -5.40. The van der Waals surface area contributed by atoms with Crippen molar-refractivity contribution in [2.75, 3.05) is 33.3 Å². The molecule has 0 spiro atoms. The lowest BCUT2D eigenvalue weighted by Gasteiger charge is -2.20. The van der Waals surface area contributed by atoms with Crippen LogP contribution < -0.4 is 14.2 Å². The molecule has 0 radical (unpaired) electrons. The molecule has 3 aromatic heterocycles. The second-order valence-corrected chi connectivity index (χ2v) is 14.7. The van der Waals surface area contributed by atoms with E-state index in [4.69, 9.17) is 30.9 Å². The lowest BCUT2D eigenvalue weighted by atomic mass is 9.93. The van der Waals surface area contributed by atoms with Gasteiger partial charge >= 0.3 is 0 Å². The van der Waals surface area contributed by atoms with Crippen LogP contribution in [0.5, 0.6) is 17.2 Å². The maximum atomic E-state index is 9.39. The van der Waals surface area contributed by atoms with Crippen LogP contribution in [-0.4, -0.2) is 57.7 Å². The average Bonchev–Trinajstić information content (AvgIpc) is 3.87. The van der Waals surface area contributed by atoms with E-state index < -0.39 is 0 Å². The summed E-state index contributed by atoms with van der Waals surface area (Å²) >= 11 is 6.94. The number of aromatic nitrogens is 3. The first-order valence-electron chi connectivity index (χ1n) is 18.9. The van der Waals surface area contributed by atoms with Crippen LogP contribution in [0.15, 0.2) is 97.5 Å². The summed E-state index contributed by atoms with van der Waals surface area (Å²) in [5.41, 5.74) is 9.81. The molecule has 1 saturated heterocycles. The molecule has 0 aliphatic carbocycles. The Bertz CT molecular complexity index is 2260. The van der Waals surface area contributed by atoms with Gasteiger partial charge in [-0.05, 0) is 117 Å². The van der Waals surface area contributed by atoms with E-state index in [2.05, 4.69) is 77.2 Å². The maximum absolute atomic E-state index is 9.39. The van der Waals surface area contributed by atoms with Crippen molar-refractivity contribution in [3.63, 3.8) is 0 Å². The first-order valence-corrected chi connectivity index (χ1v) is 19.3. The predicted molar refractivity (Wildman–Crippen MR) is 217 cm³/mol. The van der Waals surface area contributed by atoms with Gasteiger partial charge < -0.3 is 19.1 Å². The molecule has 282 valence electrons. The Balaban J connectivity index is 1.07. The first kappa shape index (κ1) is 37.9. The fourth-order valence-corrected chi connectivity index (χ4v) is 7.49. The number of fused-ring (bicyclic) bond motifs is 1. The van der Waals surface area contributed by atoms with E-state index in [1.165, 1.54) is 32.1 Å². The highest BCUT2D eigenvalue weighted by atomic mass is 35.5. The molecule has 6 aromatic rings. The molecule has 0 unspecified atom stereocenters. The van der Waals surface area contributed by atoms with E-state index in [9.17, 15) is 5.26 Å². The minimum absolute atomic E-state index is 0.231. The summed E-state index contributed by atoms with van der Waals surface area (Å²) in [4.78, 5) is 8.90. The third-order valence-electron chi connectivity index (χ3n) is 10.2. The van der Waals surface area contributed by atoms with Crippen LogP contribution in [0.4, 0.5) is 0 Å². The van der Waals surface area contributed by atoms with Crippen LogP contribution in [0.3, 0.4) is 0 Å². The second-order valence-electron chi connectivity index (χ2n) is 14.3.